The Morgan fingerprint density at radius 2 is 2.35 bits per heavy atom. The van der Waals surface area contributed by atoms with Gasteiger partial charge in [-0.1, -0.05) is 16.8 Å². The van der Waals surface area contributed by atoms with Gasteiger partial charge in [-0.05, 0) is 18.2 Å². The van der Waals surface area contributed by atoms with Gasteiger partial charge in [0.1, 0.15) is 6.07 Å². The summed E-state index contributed by atoms with van der Waals surface area (Å²) in [6.45, 7) is 2.10. The third-order valence-electron chi connectivity index (χ3n) is 2.11. The van der Waals surface area contributed by atoms with Gasteiger partial charge in [-0.15, -0.1) is 0 Å². The van der Waals surface area contributed by atoms with Crippen LogP contribution in [0.5, 0.6) is 0 Å². The number of halogens is 1. The first-order chi connectivity index (χ1) is 8.19. The number of nitriles is 1. The predicted molar refractivity (Wildman–Crippen MR) is 62.5 cm³/mol. The van der Waals surface area contributed by atoms with Crippen LogP contribution in [0.15, 0.2) is 22.7 Å². The van der Waals surface area contributed by atoms with Gasteiger partial charge in [-0.25, -0.2) is 0 Å². The molecule has 2 rings (SSSR count). The van der Waals surface area contributed by atoms with Crippen LogP contribution in [-0.4, -0.2) is 10.1 Å². The van der Waals surface area contributed by atoms with E-state index in [4.69, 9.17) is 21.4 Å². The SMILES string of the molecule is Cc1nc(CNc2cc(Cl)ccc2C#N)no1. The second kappa shape index (κ2) is 4.85. The summed E-state index contributed by atoms with van der Waals surface area (Å²) in [6, 6.07) is 7.10. The Bertz CT molecular complexity index is 573. The third kappa shape index (κ3) is 2.74. The van der Waals surface area contributed by atoms with Crippen LogP contribution < -0.4 is 5.32 Å². The number of rotatable bonds is 3. The number of anilines is 1. The summed E-state index contributed by atoms with van der Waals surface area (Å²) in [5.41, 5.74) is 1.18. The second-order valence-corrected chi connectivity index (χ2v) is 3.82. The number of benzene rings is 1. The second-order valence-electron chi connectivity index (χ2n) is 3.38. The van der Waals surface area contributed by atoms with Crippen molar-refractivity contribution in [1.29, 1.82) is 5.26 Å². The highest BCUT2D eigenvalue weighted by Gasteiger charge is 2.05. The summed E-state index contributed by atoms with van der Waals surface area (Å²) in [6.07, 6.45) is 0. The molecule has 0 spiro atoms. The Morgan fingerprint density at radius 3 is 3.00 bits per heavy atom. The predicted octanol–water partition coefficient (Wildman–Crippen LogP) is 2.52. The monoisotopic (exact) mass is 248 g/mol. The normalized spacial score (nSPS) is 9.94. The summed E-state index contributed by atoms with van der Waals surface area (Å²) in [7, 11) is 0. The Morgan fingerprint density at radius 1 is 1.53 bits per heavy atom. The molecule has 0 saturated heterocycles. The van der Waals surface area contributed by atoms with Crippen molar-refractivity contribution in [2.75, 3.05) is 5.32 Å². The summed E-state index contributed by atoms with van der Waals surface area (Å²) >= 11 is 5.86. The average molecular weight is 249 g/mol. The molecule has 1 aromatic heterocycles. The van der Waals surface area contributed by atoms with Crippen molar-refractivity contribution >= 4 is 17.3 Å². The van der Waals surface area contributed by atoms with E-state index in [1.165, 1.54) is 0 Å². The highest BCUT2D eigenvalue weighted by Crippen LogP contribution is 2.20. The van der Waals surface area contributed by atoms with Crippen molar-refractivity contribution in [2.24, 2.45) is 0 Å². The zero-order valence-corrected chi connectivity index (χ0v) is 9.82. The molecule has 0 amide bonds. The molecule has 0 fully saturated rings. The molecule has 6 heteroatoms. The number of hydrogen-bond donors (Lipinski definition) is 1. The highest BCUT2D eigenvalue weighted by molar-refractivity contribution is 6.30. The molecule has 0 unspecified atom stereocenters. The van der Waals surface area contributed by atoms with E-state index in [2.05, 4.69) is 21.5 Å². The molecule has 0 aliphatic rings. The molecule has 0 radical (unpaired) electrons. The summed E-state index contributed by atoms with van der Waals surface area (Å²) in [5.74, 6) is 1.04. The van der Waals surface area contributed by atoms with Crippen molar-refractivity contribution in [1.82, 2.24) is 10.1 Å². The van der Waals surface area contributed by atoms with Crippen LogP contribution in [0.2, 0.25) is 5.02 Å². The zero-order valence-electron chi connectivity index (χ0n) is 9.07. The molecule has 5 nitrogen and oxygen atoms in total. The van der Waals surface area contributed by atoms with Gasteiger partial charge < -0.3 is 9.84 Å². The first-order valence-corrected chi connectivity index (χ1v) is 5.29. The molecular formula is C11H9ClN4O. The third-order valence-corrected chi connectivity index (χ3v) is 2.34. The van der Waals surface area contributed by atoms with E-state index in [-0.39, 0.29) is 0 Å². The molecule has 2 aromatic rings. The van der Waals surface area contributed by atoms with E-state index in [0.29, 0.717) is 34.5 Å². The van der Waals surface area contributed by atoms with Crippen molar-refractivity contribution in [3.8, 4) is 6.07 Å². The molecule has 17 heavy (non-hydrogen) atoms. The van der Waals surface area contributed by atoms with Crippen LogP contribution in [0.25, 0.3) is 0 Å². The smallest absolute Gasteiger partial charge is 0.223 e. The van der Waals surface area contributed by atoms with Gasteiger partial charge in [-0.2, -0.15) is 10.2 Å². The zero-order chi connectivity index (χ0) is 12.3. The summed E-state index contributed by atoms with van der Waals surface area (Å²) < 4.78 is 4.84. The van der Waals surface area contributed by atoms with Crippen LogP contribution in [0.3, 0.4) is 0 Å². The molecule has 1 aromatic carbocycles. The maximum atomic E-state index is 8.93. The maximum Gasteiger partial charge on any atom is 0.223 e. The van der Waals surface area contributed by atoms with Crippen LogP contribution in [0.4, 0.5) is 5.69 Å². The molecule has 0 atom stereocenters. The van der Waals surface area contributed by atoms with Gasteiger partial charge in [0.25, 0.3) is 0 Å². The molecule has 1 N–H and O–H groups in total. The van der Waals surface area contributed by atoms with Gasteiger partial charge in [0.05, 0.1) is 17.8 Å². The minimum Gasteiger partial charge on any atom is -0.376 e. The standard InChI is InChI=1S/C11H9ClN4O/c1-7-15-11(16-17-7)6-14-10-4-9(12)3-2-8(10)5-13/h2-4,14H,6H2,1H3. The first-order valence-electron chi connectivity index (χ1n) is 4.92. The van der Waals surface area contributed by atoms with Crippen LogP contribution in [0.1, 0.15) is 17.3 Å². The number of hydrogen-bond acceptors (Lipinski definition) is 5. The van der Waals surface area contributed by atoms with E-state index >= 15 is 0 Å². The number of aryl methyl sites for hydroxylation is 1. The van der Waals surface area contributed by atoms with E-state index in [1.807, 2.05) is 0 Å². The fourth-order valence-electron chi connectivity index (χ4n) is 1.35. The topological polar surface area (TPSA) is 74.7 Å². The Hall–Kier alpha value is -2.06. The van der Waals surface area contributed by atoms with Crippen LogP contribution in [0, 0.1) is 18.3 Å². The Balaban J connectivity index is 2.13. The quantitative estimate of drug-likeness (QED) is 0.903. The van der Waals surface area contributed by atoms with Gasteiger partial charge in [0.2, 0.25) is 5.89 Å². The van der Waals surface area contributed by atoms with Crippen molar-refractivity contribution in [3.05, 3.63) is 40.5 Å². The van der Waals surface area contributed by atoms with Crippen molar-refractivity contribution in [2.45, 2.75) is 13.5 Å². The fourth-order valence-corrected chi connectivity index (χ4v) is 1.52. The molecule has 0 saturated carbocycles. The molecular weight excluding hydrogens is 240 g/mol. The minimum absolute atomic E-state index is 0.381. The van der Waals surface area contributed by atoms with Crippen molar-refractivity contribution in [3.63, 3.8) is 0 Å². The number of nitrogens with zero attached hydrogens (tertiary/aromatic N) is 3. The molecule has 1 heterocycles. The molecule has 0 bridgehead atoms. The van der Waals surface area contributed by atoms with Crippen molar-refractivity contribution < 1.29 is 4.52 Å². The van der Waals surface area contributed by atoms with E-state index in [0.717, 1.165) is 0 Å². The minimum atomic E-state index is 0.381. The van der Waals surface area contributed by atoms with E-state index < -0.39 is 0 Å². The molecule has 0 aliphatic carbocycles. The summed E-state index contributed by atoms with van der Waals surface area (Å²) in [4.78, 5) is 4.05. The lowest BCUT2D eigenvalue weighted by Gasteiger charge is -2.05. The highest BCUT2D eigenvalue weighted by atomic mass is 35.5. The lowest BCUT2D eigenvalue weighted by atomic mass is 10.2. The van der Waals surface area contributed by atoms with Gasteiger partial charge >= 0.3 is 0 Å². The van der Waals surface area contributed by atoms with E-state index in [9.17, 15) is 0 Å². The average Bonchev–Trinajstić information content (AvgIpc) is 2.73. The largest absolute Gasteiger partial charge is 0.376 e. The number of aromatic nitrogens is 2. The van der Waals surface area contributed by atoms with Gasteiger partial charge in [-0.3, -0.25) is 0 Å². The van der Waals surface area contributed by atoms with Gasteiger partial charge in [0.15, 0.2) is 5.82 Å². The van der Waals surface area contributed by atoms with Gasteiger partial charge in [0, 0.05) is 11.9 Å². The Labute approximate surface area is 103 Å². The van der Waals surface area contributed by atoms with Crippen LogP contribution in [-0.2, 0) is 6.54 Å². The fraction of sp³-hybridized carbons (Fsp3) is 0.182. The lowest BCUT2D eigenvalue weighted by molar-refractivity contribution is 0.388. The van der Waals surface area contributed by atoms with Crippen LogP contribution >= 0.6 is 11.6 Å². The van der Waals surface area contributed by atoms with E-state index in [1.54, 1.807) is 25.1 Å². The maximum absolute atomic E-state index is 8.93. The Kier molecular flexibility index (Phi) is 3.26. The molecule has 86 valence electrons. The summed E-state index contributed by atoms with van der Waals surface area (Å²) in [5, 5.41) is 16.3. The molecule has 0 aliphatic heterocycles. The first kappa shape index (κ1) is 11.4. The number of nitrogens with one attached hydrogen (secondary N) is 1. The lowest BCUT2D eigenvalue weighted by Crippen LogP contribution is -2.02.